The van der Waals surface area contributed by atoms with Crippen LogP contribution in [0.1, 0.15) is 64.0 Å². The maximum absolute atomic E-state index is 13.2. The van der Waals surface area contributed by atoms with Crippen molar-refractivity contribution in [3.63, 3.8) is 0 Å². The van der Waals surface area contributed by atoms with Gasteiger partial charge in [0.15, 0.2) is 11.5 Å². The van der Waals surface area contributed by atoms with Crippen LogP contribution in [0.2, 0.25) is 0 Å². The molecule has 2 amide bonds. The summed E-state index contributed by atoms with van der Waals surface area (Å²) in [4.78, 5) is 37.2. The van der Waals surface area contributed by atoms with Gasteiger partial charge in [-0.1, -0.05) is 6.07 Å². The van der Waals surface area contributed by atoms with E-state index in [1.54, 1.807) is 11.3 Å². The smallest absolute Gasteiger partial charge is 0.273 e. The van der Waals surface area contributed by atoms with Crippen LogP contribution in [-0.4, -0.2) is 83.7 Å². The molecule has 0 bridgehead atoms. The normalized spacial score (nSPS) is 17.7. The summed E-state index contributed by atoms with van der Waals surface area (Å²) in [5.41, 5.74) is 2.40. The van der Waals surface area contributed by atoms with Crippen molar-refractivity contribution in [1.82, 2.24) is 19.7 Å². The third-order valence-electron chi connectivity index (χ3n) is 7.85. The number of aromatic nitrogens is 1. The van der Waals surface area contributed by atoms with Gasteiger partial charge in [-0.05, 0) is 68.7 Å². The Morgan fingerprint density at radius 1 is 0.927 bits per heavy atom. The second kappa shape index (κ2) is 12.1. The summed E-state index contributed by atoms with van der Waals surface area (Å²) in [7, 11) is 0. The highest BCUT2D eigenvalue weighted by molar-refractivity contribution is 7.09. The molecular weight excluding hydrogens is 540 g/mol. The molecule has 0 saturated carbocycles. The highest BCUT2D eigenvalue weighted by atomic mass is 32.1. The first-order valence-corrected chi connectivity index (χ1v) is 15.2. The van der Waals surface area contributed by atoms with E-state index in [0.29, 0.717) is 37.4 Å². The number of thiazole rings is 1. The third kappa shape index (κ3) is 6.33. The van der Waals surface area contributed by atoms with Crippen molar-refractivity contribution in [2.75, 3.05) is 46.1 Å². The lowest BCUT2D eigenvalue weighted by atomic mass is 9.97. The molecule has 0 N–H and O–H groups in total. The van der Waals surface area contributed by atoms with E-state index in [2.05, 4.69) is 11.0 Å². The lowest BCUT2D eigenvalue weighted by molar-refractivity contribution is 0.0623. The molecular formula is C31H36N4O5S. The molecule has 10 heteroatoms. The molecule has 9 nitrogen and oxygen atoms in total. The van der Waals surface area contributed by atoms with Crippen LogP contribution in [0.25, 0.3) is 0 Å². The van der Waals surface area contributed by atoms with Crippen molar-refractivity contribution >= 4 is 23.2 Å². The molecule has 3 aromatic rings. The summed E-state index contributed by atoms with van der Waals surface area (Å²) >= 11 is 1.56. The maximum Gasteiger partial charge on any atom is 0.273 e. The topological polar surface area (TPSA) is 84.4 Å². The Balaban J connectivity index is 0.974. The number of carbonyl (C=O) groups excluding carboxylic acids is 2. The highest BCUT2D eigenvalue weighted by Crippen LogP contribution is 2.33. The Kier molecular flexibility index (Phi) is 8.11. The third-order valence-corrected chi connectivity index (χ3v) is 8.86. The number of nitrogens with zero attached hydrogens (tertiary/aromatic N) is 4. The molecule has 0 aliphatic carbocycles. The average molecular weight is 577 g/mol. The Hall–Kier alpha value is -3.63. The molecule has 2 saturated heterocycles. The van der Waals surface area contributed by atoms with E-state index < -0.39 is 0 Å². The van der Waals surface area contributed by atoms with Gasteiger partial charge in [0.2, 0.25) is 6.79 Å². The number of carbonyl (C=O) groups is 2. The minimum absolute atomic E-state index is 0.00716. The number of piperidine rings is 1. The first-order chi connectivity index (χ1) is 19.9. The average Bonchev–Trinajstić information content (AvgIpc) is 3.67. The van der Waals surface area contributed by atoms with E-state index in [1.807, 2.05) is 65.4 Å². The lowest BCUT2D eigenvalue weighted by Crippen LogP contribution is -2.48. The van der Waals surface area contributed by atoms with Crippen LogP contribution in [0, 0.1) is 0 Å². The van der Waals surface area contributed by atoms with Crippen molar-refractivity contribution in [3.8, 4) is 17.2 Å². The fourth-order valence-corrected chi connectivity index (χ4v) is 6.57. The summed E-state index contributed by atoms with van der Waals surface area (Å²) in [6.07, 6.45) is 1.79. The van der Waals surface area contributed by atoms with Gasteiger partial charge in [-0.2, -0.15) is 0 Å². The van der Waals surface area contributed by atoms with Crippen molar-refractivity contribution in [3.05, 3.63) is 69.7 Å². The zero-order chi connectivity index (χ0) is 28.3. The molecule has 216 valence electrons. The van der Waals surface area contributed by atoms with Crippen molar-refractivity contribution < 1.29 is 23.8 Å². The number of amides is 2. The summed E-state index contributed by atoms with van der Waals surface area (Å²) in [5, 5.41) is 2.90. The number of likely N-dealkylation sites (tertiary alicyclic amines) is 1. The van der Waals surface area contributed by atoms with E-state index >= 15 is 0 Å². The predicted molar refractivity (Wildman–Crippen MR) is 156 cm³/mol. The number of hydrogen-bond donors (Lipinski definition) is 0. The number of fused-ring (bicyclic) bond motifs is 1. The zero-order valence-electron chi connectivity index (χ0n) is 23.6. The highest BCUT2D eigenvalue weighted by Gasteiger charge is 2.29. The van der Waals surface area contributed by atoms with Crippen LogP contribution in [0.3, 0.4) is 0 Å². The van der Waals surface area contributed by atoms with E-state index in [1.165, 1.54) is 5.56 Å². The Bertz CT molecular complexity index is 1380. The molecule has 0 atom stereocenters. The zero-order valence-corrected chi connectivity index (χ0v) is 24.4. The van der Waals surface area contributed by atoms with Crippen LogP contribution in [0.5, 0.6) is 17.2 Å². The fourth-order valence-electron chi connectivity index (χ4n) is 5.60. The van der Waals surface area contributed by atoms with Gasteiger partial charge >= 0.3 is 0 Å². The van der Waals surface area contributed by atoms with Crippen molar-refractivity contribution in [1.29, 1.82) is 0 Å². The van der Waals surface area contributed by atoms with E-state index in [0.717, 1.165) is 54.7 Å². The molecule has 41 heavy (non-hydrogen) atoms. The van der Waals surface area contributed by atoms with Gasteiger partial charge in [0.1, 0.15) is 11.4 Å². The Morgan fingerprint density at radius 3 is 2.37 bits per heavy atom. The van der Waals surface area contributed by atoms with Crippen LogP contribution in [0.15, 0.2) is 47.8 Å². The van der Waals surface area contributed by atoms with Gasteiger partial charge < -0.3 is 24.0 Å². The number of ether oxygens (including phenoxy) is 3. The molecule has 1 aromatic heterocycles. The summed E-state index contributed by atoms with van der Waals surface area (Å²) < 4.78 is 16.6. The second-order valence-corrected chi connectivity index (χ2v) is 12.0. The molecule has 0 spiro atoms. The van der Waals surface area contributed by atoms with Crippen molar-refractivity contribution in [2.45, 2.75) is 45.3 Å². The predicted octanol–water partition coefficient (Wildman–Crippen LogP) is 4.64. The number of rotatable bonds is 7. The standard InChI is InChI=1S/C31H36N4O5S/c1-21(2)40-25-6-4-24(5-7-25)30(36)34-11-9-23(10-12-34)29-32-26(19-41-29)31(37)35-15-13-33(14-16-35)18-22-3-8-27-28(17-22)39-20-38-27/h3-8,17,19,21,23H,9-16,18,20H2,1-2H3. The minimum Gasteiger partial charge on any atom is -0.491 e. The summed E-state index contributed by atoms with van der Waals surface area (Å²) in [6, 6.07) is 13.5. The van der Waals surface area contributed by atoms with Crippen LogP contribution in [0.4, 0.5) is 0 Å². The molecule has 3 aliphatic heterocycles. The van der Waals surface area contributed by atoms with Gasteiger partial charge in [0, 0.05) is 62.7 Å². The quantitative estimate of drug-likeness (QED) is 0.405. The molecule has 2 aromatic carbocycles. The molecule has 6 rings (SSSR count). The minimum atomic E-state index is 0.00716. The Morgan fingerprint density at radius 2 is 1.63 bits per heavy atom. The molecule has 4 heterocycles. The monoisotopic (exact) mass is 576 g/mol. The van der Waals surface area contributed by atoms with Gasteiger partial charge in [0.25, 0.3) is 11.8 Å². The van der Waals surface area contributed by atoms with Crippen molar-refractivity contribution in [2.24, 2.45) is 0 Å². The fraction of sp³-hybridized carbons (Fsp3) is 0.452. The molecule has 0 radical (unpaired) electrons. The van der Waals surface area contributed by atoms with E-state index in [4.69, 9.17) is 19.2 Å². The van der Waals surface area contributed by atoms with Gasteiger partial charge in [-0.15, -0.1) is 11.3 Å². The number of hydrogen-bond acceptors (Lipinski definition) is 8. The molecule has 3 aliphatic rings. The number of piperazine rings is 1. The SMILES string of the molecule is CC(C)Oc1ccc(C(=O)N2CCC(c3nc(C(=O)N4CCN(Cc5ccc6c(c5)OCO6)CC4)cs3)CC2)cc1. The molecule has 0 unspecified atom stereocenters. The largest absolute Gasteiger partial charge is 0.491 e. The van der Waals surface area contributed by atoms with Crippen LogP contribution < -0.4 is 14.2 Å². The van der Waals surface area contributed by atoms with E-state index in [9.17, 15) is 9.59 Å². The summed E-state index contributed by atoms with van der Waals surface area (Å²) in [6.45, 7) is 9.42. The van der Waals surface area contributed by atoms with Crippen LogP contribution >= 0.6 is 11.3 Å². The molecule has 2 fully saturated rings. The Labute approximate surface area is 244 Å². The van der Waals surface area contributed by atoms with Crippen LogP contribution in [-0.2, 0) is 6.54 Å². The first kappa shape index (κ1) is 27.5. The lowest BCUT2D eigenvalue weighted by Gasteiger charge is -2.34. The maximum atomic E-state index is 13.2. The second-order valence-electron chi connectivity index (χ2n) is 11.1. The summed E-state index contributed by atoms with van der Waals surface area (Å²) in [5.74, 6) is 2.69. The van der Waals surface area contributed by atoms with Gasteiger partial charge in [-0.25, -0.2) is 4.98 Å². The number of benzene rings is 2. The van der Waals surface area contributed by atoms with E-state index in [-0.39, 0.29) is 30.6 Å². The first-order valence-electron chi connectivity index (χ1n) is 14.3. The van der Waals surface area contributed by atoms with Gasteiger partial charge in [-0.3, -0.25) is 14.5 Å². The van der Waals surface area contributed by atoms with Gasteiger partial charge in [0.05, 0.1) is 11.1 Å².